The molecule has 2 aromatic rings. The molecular formula is C9H12N6. The minimum absolute atomic E-state index is 0.213. The number of nitrogens with zero attached hydrogens (tertiary/aromatic N) is 5. The van der Waals surface area contributed by atoms with Crippen LogP contribution < -0.4 is 5.73 Å². The van der Waals surface area contributed by atoms with Crippen LogP contribution in [0.5, 0.6) is 0 Å². The molecule has 0 fully saturated rings. The van der Waals surface area contributed by atoms with Crippen molar-refractivity contribution < 1.29 is 0 Å². The average Bonchev–Trinajstić information content (AvgIpc) is 2.69. The van der Waals surface area contributed by atoms with E-state index in [-0.39, 0.29) is 11.9 Å². The quantitative estimate of drug-likeness (QED) is 0.781. The van der Waals surface area contributed by atoms with Gasteiger partial charge in [-0.25, -0.2) is 4.68 Å². The largest absolute Gasteiger partial charge is 0.368 e. The first-order chi connectivity index (χ1) is 7.16. The Balaban J connectivity index is 2.49. The molecule has 0 amide bonds. The van der Waals surface area contributed by atoms with Crippen LogP contribution >= 0.6 is 0 Å². The maximum Gasteiger partial charge on any atom is 0.255 e. The second kappa shape index (κ2) is 3.64. The third kappa shape index (κ3) is 1.93. The molecule has 2 aromatic heterocycles. The lowest BCUT2D eigenvalue weighted by Crippen LogP contribution is -2.10. The lowest BCUT2D eigenvalue weighted by atomic mass is 10.2. The van der Waals surface area contributed by atoms with Gasteiger partial charge in [-0.1, -0.05) is 13.8 Å². The van der Waals surface area contributed by atoms with Crippen molar-refractivity contribution in [2.45, 2.75) is 19.8 Å². The van der Waals surface area contributed by atoms with Crippen molar-refractivity contribution in [1.82, 2.24) is 24.7 Å². The molecule has 0 aliphatic heterocycles. The van der Waals surface area contributed by atoms with Crippen LogP contribution in [0.2, 0.25) is 0 Å². The maximum atomic E-state index is 5.60. The first-order valence-electron chi connectivity index (χ1n) is 4.68. The van der Waals surface area contributed by atoms with Crippen LogP contribution in [0.25, 0.3) is 5.95 Å². The van der Waals surface area contributed by atoms with E-state index in [4.69, 9.17) is 5.73 Å². The van der Waals surface area contributed by atoms with Gasteiger partial charge in [0.1, 0.15) is 5.82 Å². The lowest BCUT2D eigenvalue weighted by Gasteiger charge is -2.06. The summed E-state index contributed by atoms with van der Waals surface area (Å²) in [6, 6.07) is 1.80. The molecule has 0 saturated carbocycles. The van der Waals surface area contributed by atoms with Gasteiger partial charge in [-0.05, 0) is 6.07 Å². The lowest BCUT2D eigenvalue weighted by molar-refractivity contribution is 0.722. The molecule has 0 saturated heterocycles. The summed E-state index contributed by atoms with van der Waals surface area (Å²) in [5, 5.41) is 4.04. The number of nitrogens with two attached hydrogens (primary N) is 1. The zero-order valence-corrected chi connectivity index (χ0v) is 8.62. The third-order valence-corrected chi connectivity index (χ3v) is 1.88. The molecule has 0 spiro atoms. The summed E-state index contributed by atoms with van der Waals surface area (Å²) < 4.78 is 1.56. The van der Waals surface area contributed by atoms with E-state index >= 15 is 0 Å². The van der Waals surface area contributed by atoms with Crippen molar-refractivity contribution in [2.75, 3.05) is 5.73 Å². The van der Waals surface area contributed by atoms with Crippen molar-refractivity contribution in [2.24, 2.45) is 0 Å². The molecule has 6 heteroatoms. The smallest absolute Gasteiger partial charge is 0.255 e. The van der Waals surface area contributed by atoms with E-state index in [0.29, 0.717) is 11.8 Å². The Kier molecular flexibility index (Phi) is 2.32. The van der Waals surface area contributed by atoms with Crippen LogP contribution in [0, 0.1) is 0 Å². The first-order valence-corrected chi connectivity index (χ1v) is 4.68. The van der Waals surface area contributed by atoms with Gasteiger partial charge in [0.25, 0.3) is 5.95 Å². The molecule has 0 aromatic carbocycles. The predicted molar refractivity (Wildman–Crippen MR) is 55.5 cm³/mol. The minimum atomic E-state index is 0.213. The van der Waals surface area contributed by atoms with E-state index in [1.807, 2.05) is 13.8 Å². The Hall–Kier alpha value is -1.98. The third-order valence-electron chi connectivity index (χ3n) is 1.88. The summed E-state index contributed by atoms with van der Waals surface area (Å²) in [6.07, 6.45) is 3.42. The normalized spacial score (nSPS) is 10.9. The van der Waals surface area contributed by atoms with Crippen LogP contribution in [-0.2, 0) is 0 Å². The van der Waals surface area contributed by atoms with E-state index in [9.17, 15) is 0 Å². The molecule has 0 atom stereocenters. The number of rotatable bonds is 2. The van der Waals surface area contributed by atoms with Gasteiger partial charge in [-0.2, -0.15) is 20.1 Å². The number of nitrogen functional groups attached to an aromatic ring is 1. The molecule has 2 heterocycles. The van der Waals surface area contributed by atoms with Crippen LogP contribution in [0.3, 0.4) is 0 Å². The summed E-state index contributed by atoms with van der Waals surface area (Å²) in [5.74, 6) is 1.56. The van der Waals surface area contributed by atoms with Crippen molar-refractivity contribution in [1.29, 1.82) is 0 Å². The molecule has 6 nitrogen and oxygen atoms in total. The minimum Gasteiger partial charge on any atom is -0.368 e. The van der Waals surface area contributed by atoms with E-state index in [0.717, 1.165) is 0 Å². The zero-order valence-electron chi connectivity index (χ0n) is 8.62. The summed E-state index contributed by atoms with van der Waals surface area (Å²) in [5.41, 5.74) is 5.60. The van der Waals surface area contributed by atoms with Gasteiger partial charge >= 0.3 is 0 Å². The highest BCUT2D eigenvalue weighted by Gasteiger charge is 2.08. The summed E-state index contributed by atoms with van der Waals surface area (Å²) >= 11 is 0. The fraction of sp³-hybridized carbons (Fsp3) is 0.333. The Morgan fingerprint density at radius 1 is 1.27 bits per heavy atom. The van der Waals surface area contributed by atoms with Crippen molar-refractivity contribution in [3.63, 3.8) is 0 Å². The van der Waals surface area contributed by atoms with Crippen LogP contribution in [0.1, 0.15) is 25.6 Å². The van der Waals surface area contributed by atoms with E-state index in [1.54, 1.807) is 23.1 Å². The highest BCUT2D eigenvalue weighted by atomic mass is 15.4. The summed E-state index contributed by atoms with van der Waals surface area (Å²) in [6.45, 7) is 4.00. The van der Waals surface area contributed by atoms with Gasteiger partial charge in [0.2, 0.25) is 5.95 Å². The fourth-order valence-corrected chi connectivity index (χ4v) is 1.15. The Bertz CT molecular complexity index is 448. The maximum absolute atomic E-state index is 5.60. The summed E-state index contributed by atoms with van der Waals surface area (Å²) in [7, 11) is 0. The highest BCUT2D eigenvalue weighted by Crippen LogP contribution is 2.11. The van der Waals surface area contributed by atoms with E-state index in [1.165, 1.54) is 0 Å². The number of aromatic nitrogens is 5. The molecule has 0 aliphatic rings. The molecule has 15 heavy (non-hydrogen) atoms. The number of hydrogen-bond donors (Lipinski definition) is 1. The monoisotopic (exact) mass is 204 g/mol. The van der Waals surface area contributed by atoms with E-state index < -0.39 is 0 Å². The summed E-state index contributed by atoms with van der Waals surface area (Å²) in [4.78, 5) is 12.3. The van der Waals surface area contributed by atoms with Gasteiger partial charge in [-0.3, -0.25) is 0 Å². The molecule has 78 valence electrons. The van der Waals surface area contributed by atoms with Crippen molar-refractivity contribution >= 4 is 5.95 Å². The van der Waals surface area contributed by atoms with Gasteiger partial charge in [0.05, 0.1) is 0 Å². The van der Waals surface area contributed by atoms with Gasteiger partial charge in [0.15, 0.2) is 0 Å². The highest BCUT2D eigenvalue weighted by molar-refractivity contribution is 5.23. The molecule has 0 radical (unpaired) electrons. The van der Waals surface area contributed by atoms with Crippen molar-refractivity contribution in [3.05, 3.63) is 24.3 Å². The molecular weight excluding hydrogens is 192 g/mol. The molecule has 0 bridgehead atoms. The fourth-order valence-electron chi connectivity index (χ4n) is 1.15. The Labute approximate surface area is 87.2 Å². The Morgan fingerprint density at radius 3 is 2.67 bits per heavy atom. The molecule has 2 N–H and O–H groups in total. The van der Waals surface area contributed by atoms with Gasteiger partial charge < -0.3 is 5.73 Å². The second-order valence-corrected chi connectivity index (χ2v) is 3.46. The van der Waals surface area contributed by atoms with Gasteiger partial charge in [0, 0.05) is 18.3 Å². The molecule has 0 aliphatic carbocycles. The Morgan fingerprint density at radius 2 is 2.07 bits per heavy atom. The number of anilines is 1. The van der Waals surface area contributed by atoms with Crippen LogP contribution in [-0.4, -0.2) is 24.7 Å². The second-order valence-electron chi connectivity index (χ2n) is 3.46. The SMILES string of the molecule is CC(C)c1nc(N)nc(-n2cccn2)n1. The molecule has 2 rings (SSSR count). The van der Waals surface area contributed by atoms with Gasteiger partial charge in [-0.15, -0.1) is 0 Å². The first kappa shape index (κ1) is 9.57. The van der Waals surface area contributed by atoms with E-state index in [2.05, 4.69) is 20.1 Å². The zero-order chi connectivity index (χ0) is 10.8. The number of hydrogen-bond acceptors (Lipinski definition) is 5. The molecule has 0 unspecified atom stereocenters. The standard InChI is InChI=1S/C9H12N6/c1-6(2)7-12-8(10)14-9(13-7)15-5-3-4-11-15/h3-6H,1-2H3,(H2,10,12,13,14). The van der Waals surface area contributed by atoms with Crippen LogP contribution in [0.15, 0.2) is 18.5 Å². The predicted octanol–water partition coefficient (Wildman–Crippen LogP) is 0.763. The average molecular weight is 204 g/mol. The van der Waals surface area contributed by atoms with Crippen molar-refractivity contribution in [3.8, 4) is 5.95 Å². The van der Waals surface area contributed by atoms with Crippen LogP contribution in [0.4, 0.5) is 5.95 Å². The topological polar surface area (TPSA) is 82.5 Å².